The molecule has 148 valence electrons. The normalized spacial score (nSPS) is 18.8. The molecule has 4 rings (SSSR count). The number of para-hydroxylation sites is 1. The highest BCUT2D eigenvalue weighted by molar-refractivity contribution is 7.18. The zero-order chi connectivity index (χ0) is 19.5. The van der Waals surface area contributed by atoms with E-state index in [-0.39, 0.29) is 12.6 Å². The van der Waals surface area contributed by atoms with Gasteiger partial charge in [0.15, 0.2) is 11.6 Å². The van der Waals surface area contributed by atoms with Crippen molar-refractivity contribution in [2.24, 2.45) is 0 Å². The first-order valence-electron chi connectivity index (χ1n) is 9.48. The van der Waals surface area contributed by atoms with E-state index in [1.165, 1.54) is 16.8 Å². The molecule has 4 nitrogen and oxygen atoms in total. The smallest absolute Gasteiger partial charge is 0.159 e. The maximum Gasteiger partial charge on any atom is 0.159 e. The van der Waals surface area contributed by atoms with E-state index >= 15 is 0 Å². The average Bonchev–Trinajstić information content (AvgIpc) is 3.09. The topological polar surface area (TPSA) is 39.6 Å². The van der Waals surface area contributed by atoms with Crippen LogP contribution in [0.5, 0.6) is 0 Å². The fraction of sp³-hybridized carbons (Fsp3) is 0.381. The minimum atomic E-state index is -0.823. The first-order chi connectivity index (χ1) is 13.6. The molecule has 0 amide bonds. The zero-order valence-electron chi connectivity index (χ0n) is 15.5. The van der Waals surface area contributed by atoms with Crippen molar-refractivity contribution < 1.29 is 13.9 Å². The Balaban J connectivity index is 1.42. The monoisotopic (exact) mass is 403 g/mol. The number of hydrogen-bond donors (Lipinski definition) is 1. The van der Waals surface area contributed by atoms with E-state index < -0.39 is 11.6 Å². The minimum Gasteiger partial charge on any atom is -0.396 e. The van der Waals surface area contributed by atoms with Gasteiger partial charge >= 0.3 is 0 Å². The molecule has 0 aliphatic carbocycles. The predicted octanol–water partition coefficient (Wildman–Crippen LogP) is 3.64. The summed E-state index contributed by atoms with van der Waals surface area (Å²) in [6.45, 7) is 3.96. The van der Waals surface area contributed by atoms with Crippen LogP contribution in [0.4, 0.5) is 8.78 Å². The Morgan fingerprint density at radius 2 is 1.93 bits per heavy atom. The van der Waals surface area contributed by atoms with Crippen molar-refractivity contribution in [1.82, 2.24) is 14.8 Å². The Labute approximate surface area is 167 Å². The van der Waals surface area contributed by atoms with Gasteiger partial charge in [0.2, 0.25) is 0 Å². The summed E-state index contributed by atoms with van der Waals surface area (Å²) >= 11 is 1.72. The molecule has 28 heavy (non-hydrogen) atoms. The van der Waals surface area contributed by atoms with Crippen LogP contribution < -0.4 is 0 Å². The molecule has 3 aromatic rings. The lowest BCUT2D eigenvalue weighted by molar-refractivity contribution is 0.0499. The molecule has 1 aromatic heterocycles. The molecule has 0 saturated carbocycles. The average molecular weight is 403 g/mol. The fourth-order valence-corrected chi connectivity index (χ4v) is 4.79. The zero-order valence-corrected chi connectivity index (χ0v) is 16.3. The number of halogens is 2. The number of aliphatic hydroxyl groups is 1. The van der Waals surface area contributed by atoms with Crippen LogP contribution >= 0.6 is 11.3 Å². The van der Waals surface area contributed by atoms with Gasteiger partial charge in [-0.3, -0.25) is 9.80 Å². The summed E-state index contributed by atoms with van der Waals surface area (Å²) in [5, 5.41) is 10.6. The van der Waals surface area contributed by atoms with E-state index in [1.54, 1.807) is 17.4 Å². The quantitative estimate of drug-likeness (QED) is 0.682. The highest BCUT2D eigenvalue weighted by atomic mass is 32.1. The summed E-state index contributed by atoms with van der Waals surface area (Å²) in [6, 6.07) is 12.4. The number of thiazole rings is 1. The van der Waals surface area contributed by atoms with Crippen molar-refractivity contribution >= 4 is 21.6 Å². The van der Waals surface area contributed by atoms with Crippen molar-refractivity contribution in [3.63, 3.8) is 0 Å². The third-order valence-electron chi connectivity index (χ3n) is 5.22. The summed E-state index contributed by atoms with van der Waals surface area (Å²) in [5.74, 6) is -1.64. The highest BCUT2D eigenvalue weighted by Crippen LogP contribution is 2.24. The van der Waals surface area contributed by atoms with Crippen LogP contribution in [0.2, 0.25) is 0 Å². The van der Waals surface area contributed by atoms with Gasteiger partial charge in [-0.15, -0.1) is 11.3 Å². The van der Waals surface area contributed by atoms with Gasteiger partial charge in [-0.05, 0) is 36.2 Å². The van der Waals surface area contributed by atoms with Crippen molar-refractivity contribution in [3.05, 3.63) is 64.7 Å². The molecule has 1 fully saturated rings. The molecule has 0 radical (unpaired) electrons. The van der Waals surface area contributed by atoms with Crippen molar-refractivity contribution in [1.29, 1.82) is 0 Å². The maximum atomic E-state index is 13.5. The van der Waals surface area contributed by atoms with E-state index in [4.69, 9.17) is 4.98 Å². The molecule has 2 aromatic carbocycles. The summed E-state index contributed by atoms with van der Waals surface area (Å²) in [4.78, 5) is 9.33. The number of rotatable bonds is 6. The molecule has 7 heteroatoms. The van der Waals surface area contributed by atoms with Gasteiger partial charge in [-0.25, -0.2) is 13.8 Å². The van der Waals surface area contributed by atoms with Crippen LogP contribution in [-0.2, 0) is 13.1 Å². The number of aliphatic hydroxyl groups excluding tert-OH is 1. The molecular formula is C21H23F2N3OS. The van der Waals surface area contributed by atoms with Crippen LogP contribution in [0.3, 0.4) is 0 Å². The van der Waals surface area contributed by atoms with E-state index in [9.17, 15) is 13.9 Å². The van der Waals surface area contributed by atoms with Crippen LogP contribution in [0.1, 0.15) is 17.0 Å². The molecule has 1 saturated heterocycles. The third kappa shape index (κ3) is 4.38. The SMILES string of the molecule is OCC[C@@H]1CN(Cc2nc3ccccc3s2)CCN1Cc1ccc(F)c(F)c1. The summed E-state index contributed by atoms with van der Waals surface area (Å²) < 4.78 is 27.9. The maximum absolute atomic E-state index is 13.5. The Bertz CT molecular complexity index is 915. The second kappa shape index (κ2) is 8.61. The molecule has 1 aliphatic heterocycles. The van der Waals surface area contributed by atoms with E-state index in [0.717, 1.165) is 42.3 Å². The lowest BCUT2D eigenvalue weighted by Crippen LogP contribution is -2.52. The first kappa shape index (κ1) is 19.4. The van der Waals surface area contributed by atoms with Gasteiger partial charge < -0.3 is 5.11 Å². The van der Waals surface area contributed by atoms with Crippen molar-refractivity contribution in [2.45, 2.75) is 25.6 Å². The summed E-state index contributed by atoms with van der Waals surface area (Å²) in [6.07, 6.45) is 0.653. The molecule has 2 heterocycles. The summed E-state index contributed by atoms with van der Waals surface area (Å²) in [7, 11) is 0. The van der Waals surface area contributed by atoms with E-state index in [1.807, 2.05) is 18.2 Å². The fourth-order valence-electron chi connectivity index (χ4n) is 3.78. The van der Waals surface area contributed by atoms with Gasteiger partial charge in [0, 0.05) is 38.8 Å². The minimum absolute atomic E-state index is 0.105. The Kier molecular flexibility index (Phi) is 5.96. The van der Waals surface area contributed by atoms with Crippen molar-refractivity contribution in [3.8, 4) is 0 Å². The van der Waals surface area contributed by atoms with Crippen LogP contribution in [0.15, 0.2) is 42.5 Å². The lowest BCUT2D eigenvalue weighted by Gasteiger charge is -2.41. The molecular weight excluding hydrogens is 380 g/mol. The standard InChI is InChI=1S/C21H23F2N3OS/c22-17-6-5-15(11-18(17)23)12-26-9-8-25(13-16(26)7-10-27)14-21-24-19-3-1-2-4-20(19)28-21/h1-6,11,16,27H,7-10,12-14H2/t16-/m1/s1. The van der Waals surface area contributed by atoms with E-state index in [0.29, 0.717) is 13.0 Å². The molecule has 0 spiro atoms. The van der Waals surface area contributed by atoms with Crippen LogP contribution in [0, 0.1) is 11.6 Å². The van der Waals surface area contributed by atoms with Crippen LogP contribution in [0.25, 0.3) is 10.2 Å². The first-order valence-corrected chi connectivity index (χ1v) is 10.3. The number of benzene rings is 2. The molecule has 1 N–H and O–H groups in total. The summed E-state index contributed by atoms with van der Waals surface area (Å²) in [5.41, 5.74) is 1.79. The molecule has 0 bridgehead atoms. The Hall–Kier alpha value is -1.93. The lowest BCUT2D eigenvalue weighted by atomic mass is 10.1. The number of hydrogen-bond acceptors (Lipinski definition) is 5. The van der Waals surface area contributed by atoms with Crippen LogP contribution in [-0.4, -0.2) is 52.2 Å². The predicted molar refractivity (Wildman–Crippen MR) is 107 cm³/mol. The molecule has 0 unspecified atom stereocenters. The van der Waals surface area contributed by atoms with E-state index in [2.05, 4.69) is 15.9 Å². The molecule has 1 atom stereocenters. The van der Waals surface area contributed by atoms with Gasteiger partial charge in [0.05, 0.1) is 16.8 Å². The number of piperazine rings is 1. The number of aromatic nitrogens is 1. The highest BCUT2D eigenvalue weighted by Gasteiger charge is 2.27. The number of fused-ring (bicyclic) bond motifs is 1. The van der Waals surface area contributed by atoms with Gasteiger partial charge in [0.1, 0.15) is 5.01 Å². The van der Waals surface area contributed by atoms with Crippen molar-refractivity contribution in [2.75, 3.05) is 26.2 Å². The second-order valence-corrected chi connectivity index (χ2v) is 8.31. The van der Waals surface area contributed by atoms with Gasteiger partial charge in [0.25, 0.3) is 0 Å². The van der Waals surface area contributed by atoms with Gasteiger partial charge in [-0.1, -0.05) is 18.2 Å². The Morgan fingerprint density at radius 3 is 2.71 bits per heavy atom. The third-order valence-corrected chi connectivity index (χ3v) is 6.24. The Morgan fingerprint density at radius 1 is 1.07 bits per heavy atom. The second-order valence-electron chi connectivity index (χ2n) is 7.20. The van der Waals surface area contributed by atoms with Gasteiger partial charge in [-0.2, -0.15) is 0 Å². The largest absolute Gasteiger partial charge is 0.396 e. The number of nitrogens with zero attached hydrogens (tertiary/aromatic N) is 3. The molecule has 1 aliphatic rings.